The molecule has 0 spiro atoms. The van der Waals surface area contributed by atoms with E-state index in [1.54, 1.807) is 0 Å². The van der Waals surface area contributed by atoms with E-state index in [2.05, 4.69) is 4.72 Å². The fourth-order valence-corrected chi connectivity index (χ4v) is 2.76. The van der Waals surface area contributed by atoms with Gasteiger partial charge in [-0.3, -0.25) is 0 Å². The molecule has 0 amide bonds. The van der Waals surface area contributed by atoms with E-state index in [0.717, 1.165) is 0 Å². The average molecular weight is 295 g/mol. The molecule has 0 saturated heterocycles. The number of aliphatic hydroxyl groups excluding tert-OH is 1. The van der Waals surface area contributed by atoms with Gasteiger partial charge in [0.05, 0.1) is 24.8 Å². The van der Waals surface area contributed by atoms with Crippen LogP contribution in [0, 0.1) is 0 Å². The van der Waals surface area contributed by atoms with Gasteiger partial charge < -0.3 is 15.6 Å². The second kappa shape index (κ2) is 6.91. The molecular formula is C10H15ClN2O4S. The first-order valence-electron chi connectivity index (χ1n) is 5.20. The van der Waals surface area contributed by atoms with Crippen molar-refractivity contribution in [3.8, 4) is 0 Å². The summed E-state index contributed by atoms with van der Waals surface area (Å²) < 4.78 is 31.0. The number of hydrogen-bond donors (Lipinski definition) is 3. The van der Waals surface area contributed by atoms with Crippen molar-refractivity contribution in [3.63, 3.8) is 0 Å². The zero-order valence-corrected chi connectivity index (χ0v) is 11.2. The second-order valence-corrected chi connectivity index (χ2v) is 5.57. The van der Waals surface area contributed by atoms with Gasteiger partial charge in [-0.1, -0.05) is 11.6 Å². The Labute approximate surface area is 111 Å². The molecule has 8 heteroatoms. The second-order valence-electron chi connectivity index (χ2n) is 3.42. The van der Waals surface area contributed by atoms with Crippen LogP contribution in [0.15, 0.2) is 23.1 Å². The van der Waals surface area contributed by atoms with Crippen LogP contribution in [0.3, 0.4) is 0 Å². The smallest absolute Gasteiger partial charge is 0.242 e. The highest BCUT2D eigenvalue weighted by molar-refractivity contribution is 7.89. The van der Waals surface area contributed by atoms with E-state index < -0.39 is 10.0 Å². The third-order valence-electron chi connectivity index (χ3n) is 2.02. The lowest BCUT2D eigenvalue weighted by Gasteiger charge is -2.09. The molecule has 4 N–H and O–H groups in total. The summed E-state index contributed by atoms with van der Waals surface area (Å²) in [5.41, 5.74) is 5.83. The van der Waals surface area contributed by atoms with Crippen LogP contribution in [0.25, 0.3) is 0 Å². The van der Waals surface area contributed by atoms with Crippen molar-refractivity contribution in [2.24, 2.45) is 0 Å². The molecule has 6 nitrogen and oxygen atoms in total. The van der Waals surface area contributed by atoms with E-state index >= 15 is 0 Å². The molecule has 1 aromatic carbocycles. The summed E-state index contributed by atoms with van der Waals surface area (Å²) in [7, 11) is -3.71. The number of ether oxygens (including phenoxy) is 1. The Morgan fingerprint density at radius 3 is 2.78 bits per heavy atom. The molecule has 0 fully saturated rings. The van der Waals surface area contributed by atoms with E-state index in [1.165, 1.54) is 18.2 Å². The quantitative estimate of drug-likeness (QED) is 0.493. The van der Waals surface area contributed by atoms with Crippen LogP contribution in [-0.4, -0.2) is 39.9 Å². The van der Waals surface area contributed by atoms with Gasteiger partial charge in [0, 0.05) is 12.2 Å². The van der Waals surface area contributed by atoms with Gasteiger partial charge in [-0.15, -0.1) is 0 Å². The third kappa shape index (κ3) is 4.43. The van der Waals surface area contributed by atoms with Crippen molar-refractivity contribution in [1.29, 1.82) is 0 Å². The van der Waals surface area contributed by atoms with Crippen LogP contribution in [-0.2, 0) is 14.8 Å². The molecular weight excluding hydrogens is 280 g/mol. The van der Waals surface area contributed by atoms with Crippen LogP contribution in [0.2, 0.25) is 5.02 Å². The van der Waals surface area contributed by atoms with Gasteiger partial charge in [0.25, 0.3) is 0 Å². The van der Waals surface area contributed by atoms with Crippen molar-refractivity contribution in [2.45, 2.75) is 4.90 Å². The zero-order chi connectivity index (χ0) is 13.6. The number of benzene rings is 1. The molecule has 0 radical (unpaired) electrons. The van der Waals surface area contributed by atoms with Gasteiger partial charge >= 0.3 is 0 Å². The minimum Gasteiger partial charge on any atom is -0.399 e. The first kappa shape index (κ1) is 15.2. The standard InChI is InChI=1S/C10H15ClN2O4S/c11-9-2-1-8(12)7-10(9)18(15,16)13-3-5-17-6-4-14/h1-2,7,13-14H,3-6,12H2. The van der Waals surface area contributed by atoms with Crippen molar-refractivity contribution in [2.75, 3.05) is 32.1 Å². The van der Waals surface area contributed by atoms with Gasteiger partial charge in [-0.05, 0) is 18.2 Å². The molecule has 0 bridgehead atoms. The highest BCUT2D eigenvalue weighted by atomic mass is 35.5. The average Bonchev–Trinajstić information content (AvgIpc) is 2.32. The SMILES string of the molecule is Nc1ccc(Cl)c(S(=O)(=O)NCCOCCO)c1. The first-order chi connectivity index (χ1) is 8.47. The Hall–Kier alpha value is -0.860. The lowest BCUT2D eigenvalue weighted by Crippen LogP contribution is -2.28. The molecule has 0 heterocycles. The van der Waals surface area contributed by atoms with Crippen molar-refractivity contribution >= 4 is 27.3 Å². The number of nitrogen functional groups attached to an aromatic ring is 1. The maximum atomic E-state index is 11.9. The largest absolute Gasteiger partial charge is 0.399 e. The number of aliphatic hydroxyl groups is 1. The van der Waals surface area contributed by atoms with Crippen molar-refractivity contribution in [1.82, 2.24) is 4.72 Å². The summed E-state index contributed by atoms with van der Waals surface area (Å²) >= 11 is 5.80. The Bertz CT molecular complexity index is 493. The van der Waals surface area contributed by atoms with Gasteiger partial charge in [-0.25, -0.2) is 13.1 Å². The summed E-state index contributed by atoms with van der Waals surface area (Å²) in [6.07, 6.45) is 0. The molecule has 18 heavy (non-hydrogen) atoms. The van der Waals surface area contributed by atoms with E-state index in [1.807, 2.05) is 0 Å². The molecule has 1 rings (SSSR count). The molecule has 0 unspecified atom stereocenters. The van der Waals surface area contributed by atoms with E-state index in [4.69, 9.17) is 27.2 Å². The summed E-state index contributed by atoms with van der Waals surface area (Å²) in [5, 5.41) is 8.58. The van der Waals surface area contributed by atoms with Crippen molar-refractivity contribution < 1.29 is 18.3 Å². The van der Waals surface area contributed by atoms with Crippen LogP contribution in [0.1, 0.15) is 0 Å². The topological polar surface area (TPSA) is 102 Å². The Morgan fingerprint density at radius 1 is 1.39 bits per heavy atom. The van der Waals surface area contributed by atoms with Crippen LogP contribution < -0.4 is 10.5 Å². The summed E-state index contributed by atoms with van der Waals surface area (Å²) in [5.74, 6) is 0. The number of halogens is 1. The fraction of sp³-hybridized carbons (Fsp3) is 0.400. The maximum Gasteiger partial charge on any atom is 0.242 e. The predicted octanol–water partition coefficient (Wildman–Crippen LogP) is 0.209. The number of nitrogens with one attached hydrogen (secondary N) is 1. The highest BCUT2D eigenvalue weighted by Gasteiger charge is 2.17. The number of anilines is 1. The van der Waals surface area contributed by atoms with Crippen LogP contribution in [0.4, 0.5) is 5.69 Å². The Balaban J connectivity index is 2.66. The van der Waals surface area contributed by atoms with Gasteiger partial charge in [0.15, 0.2) is 0 Å². The molecule has 1 aromatic rings. The van der Waals surface area contributed by atoms with Crippen molar-refractivity contribution in [3.05, 3.63) is 23.2 Å². The third-order valence-corrected chi connectivity index (χ3v) is 3.96. The minimum absolute atomic E-state index is 0.0636. The molecule has 0 atom stereocenters. The van der Waals surface area contributed by atoms with E-state index in [0.29, 0.717) is 5.69 Å². The lowest BCUT2D eigenvalue weighted by molar-refractivity contribution is 0.0961. The summed E-state index contributed by atoms with van der Waals surface area (Å²) in [6.45, 7) is 0.321. The predicted molar refractivity (Wildman–Crippen MR) is 69.0 cm³/mol. The van der Waals surface area contributed by atoms with Crippen LogP contribution >= 0.6 is 11.6 Å². The van der Waals surface area contributed by atoms with Gasteiger partial charge in [0.2, 0.25) is 10.0 Å². The monoisotopic (exact) mass is 294 g/mol. The maximum absolute atomic E-state index is 11.9. The molecule has 0 aliphatic rings. The first-order valence-corrected chi connectivity index (χ1v) is 7.07. The normalized spacial score (nSPS) is 11.7. The van der Waals surface area contributed by atoms with Gasteiger partial charge in [0.1, 0.15) is 4.90 Å². The Kier molecular flexibility index (Phi) is 5.83. The summed E-state index contributed by atoms with van der Waals surface area (Å²) in [6, 6.07) is 4.23. The fourth-order valence-electron chi connectivity index (χ4n) is 1.22. The van der Waals surface area contributed by atoms with E-state index in [-0.39, 0.29) is 36.3 Å². The molecule has 0 saturated carbocycles. The molecule has 102 valence electrons. The number of hydrogen-bond acceptors (Lipinski definition) is 5. The number of nitrogens with two attached hydrogens (primary N) is 1. The molecule has 0 aliphatic heterocycles. The molecule has 0 aliphatic carbocycles. The number of sulfonamides is 1. The molecule has 0 aromatic heterocycles. The number of rotatable bonds is 7. The lowest BCUT2D eigenvalue weighted by atomic mass is 10.3. The Morgan fingerprint density at radius 2 is 2.11 bits per heavy atom. The van der Waals surface area contributed by atoms with Gasteiger partial charge in [-0.2, -0.15) is 0 Å². The minimum atomic E-state index is -3.71. The van der Waals surface area contributed by atoms with E-state index in [9.17, 15) is 8.42 Å². The highest BCUT2D eigenvalue weighted by Crippen LogP contribution is 2.23. The summed E-state index contributed by atoms with van der Waals surface area (Å²) in [4.78, 5) is -0.0636. The zero-order valence-electron chi connectivity index (χ0n) is 9.60. The van der Waals surface area contributed by atoms with Crippen LogP contribution in [0.5, 0.6) is 0 Å².